The molecular weight excluding hydrogens is 427 g/mol. The van der Waals surface area contributed by atoms with Gasteiger partial charge in [0.2, 0.25) is 5.91 Å². The fourth-order valence-electron chi connectivity index (χ4n) is 2.82. The summed E-state index contributed by atoms with van der Waals surface area (Å²) >= 11 is 11.8. The van der Waals surface area contributed by atoms with Gasteiger partial charge in [-0.05, 0) is 42.2 Å². The molecule has 0 saturated heterocycles. The summed E-state index contributed by atoms with van der Waals surface area (Å²) in [4.78, 5) is 36.1. The minimum Gasteiger partial charge on any atom is -0.456 e. The smallest absolute Gasteiger partial charge is 0.306 e. The number of halogens is 2. The molecule has 2 aromatic rings. The molecule has 0 radical (unpaired) electrons. The van der Waals surface area contributed by atoms with Crippen molar-refractivity contribution >= 4 is 52.4 Å². The molecule has 0 atom stereocenters. The first-order chi connectivity index (χ1) is 14.3. The number of nitrogens with one attached hydrogen (secondary N) is 2. The summed E-state index contributed by atoms with van der Waals surface area (Å²) in [5.74, 6) is -1.46. The van der Waals surface area contributed by atoms with E-state index in [-0.39, 0.29) is 12.8 Å². The maximum absolute atomic E-state index is 12.2. The maximum atomic E-state index is 12.2. The Labute approximate surface area is 185 Å². The van der Waals surface area contributed by atoms with E-state index in [0.717, 1.165) is 29.7 Å². The predicted octanol–water partition coefficient (Wildman–Crippen LogP) is 5.02. The minimum absolute atomic E-state index is 0.0991. The van der Waals surface area contributed by atoms with Crippen LogP contribution in [-0.4, -0.2) is 24.4 Å². The summed E-state index contributed by atoms with van der Waals surface area (Å²) in [6.45, 7) is 3.60. The number of anilines is 2. The van der Waals surface area contributed by atoms with E-state index in [1.165, 1.54) is 6.07 Å². The van der Waals surface area contributed by atoms with E-state index in [1.807, 2.05) is 32.0 Å². The maximum Gasteiger partial charge on any atom is 0.306 e. The first-order valence-electron chi connectivity index (χ1n) is 9.65. The molecule has 0 aliphatic heterocycles. The Morgan fingerprint density at radius 3 is 2.17 bits per heavy atom. The van der Waals surface area contributed by atoms with E-state index in [9.17, 15) is 14.4 Å². The van der Waals surface area contributed by atoms with Gasteiger partial charge in [0.1, 0.15) is 0 Å². The molecule has 0 unspecified atom stereocenters. The SMILES string of the molecule is CCc1cccc(CC)c1NC(=O)COC(=O)CCC(=O)Nc1ccc(Cl)cc1Cl. The molecule has 0 fully saturated rings. The number of esters is 1. The Kier molecular flexibility index (Phi) is 9.15. The van der Waals surface area contributed by atoms with E-state index < -0.39 is 24.4 Å². The number of hydrogen-bond donors (Lipinski definition) is 2. The lowest BCUT2D eigenvalue weighted by atomic mass is 10.0. The standard InChI is InChI=1S/C22H24Cl2N2O4/c1-3-14-6-5-7-15(4-2)22(14)26-20(28)13-30-21(29)11-10-19(27)25-18-9-8-16(23)12-17(18)24/h5-9,12H,3-4,10-11,13H2,1-2H3,(H,25,27)(H,26,28). The number of amides is 2. The molecule has 0 heterocycles. The summed E-state index contributed by atoms with van der Waals surface area (Å²) in [6, 6.07) is 10.5. The molecule has 8 heteroatoms. The van der Waals surface area contributed by atoms with Crippen molar-refractivity contribution in [3.8, 4) is 0 Å². The fourth-order valence-corrected chi connectivity index (χ4v) is 3.27. The van der Waals surface area contributed by atoms with Crippen molar-refractivity contribution in [2.45, 2.75) is 39.5 Å². The van der Waals surface area contributed by atoms with Gasteiger partial charge in [-0.15, -0.1) is 0 Å². The quantitative estimate of drug-likeness (QED) is 0.525. The zero-order valence-electron chi connectivity index (χ0n) is 16.9. The molecule has 30 heavy (non-hydrogen) atoms. The number of ether oxygens (including phenoxy) is 1. The zero-order valence-corrected chi connectivity index (χ0v) is 18.4. The molecule has 0 bridgehead atoms. The minimum atomic E-state index is -0.637. The normalized spacial score (nSPS) is 10.4. The second-order valence-electron chi connectivity index (χ2n) is 6.54. The van der Waals surface area contributed by atoms with Gasteiger partial charge in [0.15, 0.2) is 6.61 Å². The molecule has 2 amide bonds. The number of benzene rings is 2. The van der Waals surface area contributed by atoms with Gasteiger partial charge < -0.3 is 15.4 Å². The average molecular weight is 451 g/mol. The molecule has 160 valence electrons. The average Bonchev–Trinajstić information content (AvgIpc) is 2.72. The van der Waals surface area contributed by atoms with Crippen LogP contribution in [0, 0.1) is 0 Å². The molecule has 0 aromatic heterocycles. The Bertz CT molecular complexity index is 909. The Morgan fingerprint density at radius 1 is 0.900 bits per heavy atom. The number of hydrogen-bond acceptors (Lipinski definition) is 4. The van der Waals surface area contributed by atoms with Gasteiger partial charge in [-0.25, -0.2) is 0 Å². The predicted molar refractivity (Wildman–Crippen MR) is 119 cm³/mol. The summed E-state index contributed by atoms with van der Waals surface area (Å²) in [7, 11) is 0. The number of aryl methyl sites for hydroxylation is 2. The van der Waals surface area contributed by atoms with Crippen LogP contribution in [0.25, 0.3) is 0 Å². The van der Waals surface area contributed by atoms with Crippen molar-refractivity contribution in [1.29, 1.82) is 0 Å². The van der Waals surface area contributed by atoms with Crippen LogP contribution >= 0.6 is 23.2 Å². The molecular formula is C22H24Cl2N2O4. The van der Waals surface area contributed by atoms with Crippen molar-refractivity contribution in [1.82, 2.24) is 0 Å². The highest BCUT2D eigenvalue weighted by Gasteiger charge is 2.14. The molecule has 0 aliphatic carbocycles. The first kappa shape index (κ1) is 23.7. The second kappa shape index (κ2) is 11.6. The van der Waals surface area contributed by atoms with Gasteiger partial charge >= 0.3 is 5.97 Å². The highest BCUT2D eigenvalue weighted by atomic mass is 35.5. The third-order valence-corrected chi connectivity index (χ3v) is 4.94. The van der Waals surface area contributed by atoms with E-state index >= 15 is 0 Å². The van der Waals surface area contributed by atoms with Crippen molar-refractivity contribution in [3.63, 3.8) is 0 Å². The van der Waals surface area contributed by atoms with Gasteiger partial charge in [0.25, 0.3) is 5.91 Å². The van der Waals surface area contributed by atoms with E-state index in [2.05, 4.69) is 10.6 Å². The highest BCUT2D eigenvalue weighted by molar-refractivity contribution is 6.36. The van der Waals surface area contributed by atoms with E-state index in [1.54, 1.807) is 12.1 Å². The lowest BCUT2D eigenvalue weighted by molar-refractivity contribution is -0.147. The number of para-hydroxylation sites is 1. The topological polar surface area (TPSA) is 84.5 Å². The lowest BCUT2D eigenvalue weighted by Gasteiger charge is -2.14. The summed E-state index contributed by atoms with van der Waals surface area (Å²) in [5, 5.41) is 6.17. The zero-order chi connectivity index (χ0) is 22.1. The highest BCUT2D eigenvalue weighted by Crippen LogP contribution is 2.25. The Morgan fingerprint density at radius 2 is 1.57 bits per heavy atom. The summed E-state index contributed by atoms with van der Waals surface area (Å²) < 4.78 is 4.99. The van der Waals surface area contributed by atoms with Crippen LogP contribution in [0.4, 0.5) is 11.4 Å². The molecule has 6 nitrogen and oxygen atoms in total. The second-order valence-corrected chi connectivity index (χ2v) is 7.38. The summed E-state index contributed by atoms with van der Waals surface area (Å²) in [5.41, 5.74) is 3.21. The van der Waals surface area contributed by atoms with Crippen LogP contribution < -0.4 is 10.6 Å². The van der Waals surface area contributed by atoms with Crippen LogP contribution in [0.5, 0.6) is 0 Å². The first-order valence-corrected chi connectivity index (χ1v) is 10.4. The van der Waals surface area contributed by atoms with E-state index in [0.29, 0.717) is 15.7 Å². The van der Waals surface area contributed by atoms with Gasteiger partial charge in [-0.2, -0.15) is 0 Å². The molecule has 2 aromatic carbocycles. The third-order valence-electron chi connectivity index (χ3n) is 4.39. The van der Waals surface area contributed by atoms with Crippen LogP contribution in [0.1, 0.15) is 37.8 Å². The van der Waals surface area contributed by atoms with Crippen LogP contribution in [0.15, 0.2) is 36.4 Å². The Balaban J connectivity index is 1.79. The van der Waals surface area contributed by atoms with Gasteiger partial charge in [-0.3, -0.25) is 14.4 Å². The molecule has 2 N–H and O–H groups in total. The van der Waals surface area contributed by atoms with Crippen molar-refractivity contribution in [2.24, 2.45) is 0 Å². The van der Waals surface area contributed by atoms with Gasteiger partial charge in [-0.1, -0.05) is 55.2 Å². The monoisotopic (exact) mass is 450 g/mol. The van der Waals surface area contributed by atoms with Crippen LogP contribution in [-0.2, 0) is 32.0 Å². The van der Waals surface area contributed by atoms with Gasteiger partial charge in [0.05, 0.1) is 17.1 Å². The fraction of sp³-hybridized carbons (Fsp3) is 0.318. The number of carbonyl (C=O) groups is 3. The van der Waals surface area contributed by atoms with Crippen LogP contribution in [0.2, 0.25) is 10.0 Å². The van der Waals surface area contributed by atoms with Crippen LogP contribution in [0.3, 0.4) is 0 Å². The van der Waals surface area contributed by atoms with Crippen molar-refractivity contribution in [2.75, 3.05) is 17.2 Å². The summed E-state index contributed by atoms with van der Waals surface area (Å²) in [6.07, 6.45) is 1.29. The third kappa shape index (κ3) is 7.04. The van der Waals surface area contributed by atoms with Crippen molar-refractivity contribution in [3.05, 3.63) is 57.6 Å². The Hall–Kier alpha value is -2.57. The molecule has 2 rings (SSSR count). The molecule has 0 aliphatic rings. The molecule has 0 saturated carbocycles. The van der Waals surface area contributed by atoms with E-state index in [4.69, 9.17) is 27.9 Å². The largest absolute Gasteiger partial charge is 0.456 e. The van der Waals surface area contributed by atoms with Crippen molar-refractivity contribution < 1.29 is 19.1 Å². The molecule has 0 spiro atoms. The van der Waals surface area contributed by atoms with Gasteiger partial charge in [0, 0.05) is 17.1 Å². The number of carbonyl (C=O) groups excluding carboxylic acids is 3. The lowest BCUT2D eigenvalue weighted by Crippen LogP contribution is -2.23. The number of rotatable bonds is 9.